The van der Waals surface area contributed by atoms with E-state index in [9.17, 15) is 9.59 Å². The number of unbranched alkanes of at least 4 members (excludes halogenated alkanes) is 1. The Labute approximate surface area is 270 Å². The molecule has 0 spiro atoms. The van der Waals surface area contributed by atoms with Gasteiger partial charge in [-0.15, -0.1) is 0 Å². The SMILES string of the molecule is CCOC(=O)C1CC(c2ccc(OC)cc2)C(OCc2ccc3c(c2)N(CCCOC)CCO3)CN1C(=O)CCCCON(O)O. The summed E-state index contributed by atoms with van der Waals surface area (Å²) in [5.74, 6) is 0.713. The summed E-state index contributed by atoms with van der Waals surface area (Å²) in [6.07, 6.45) is 1.83. The molecule has 3 unspecified atom stereocenters. The summed E-state index contributed by atoms with van der Waals surface area (Å²) in [5.41, 5.74) is 2.97. The van der Waals surface area contributed by atoms with Gasteiger partial charge < -0.3 is 33.5 Å². The van der Waals surface area contributed by atoms with E-state index in [4.69, 9.17) is 34.1 Å². The third-order valence-electron chi connectivity index (χ3n) is 8.32. The van der Waals surface area contributed by atoms with Gasteiger partial charge in [0.15, 0.2) is 0 Å². The van der Waals surface area contributed by atoms with Crippen molar-refractivity contribution in [3.8, 4) is 11.5 Å². The largest absolute Gasteiger partial charge is 0.497 e. The van der Waals surface area contributed by atoms with Crippen LogP contribution in [0, 0.1) is 0 Å². The maximum Gasteiger partial charge on any atom is 0.328 e. The van der Waals surface area contributed by atoms with Crippen LogP contribution in [0.15, 0.2) is 42.5 Å². The molecule has 0 aromatic heterocycles. The zero-order valence-electron chi connectivity index (χ0n) is 27.0. The number of fused-ring (bicyclic) bond motifs is 1. The van der Waals surface area contributed by atoms with Gasteiger partial charge in [-0.1, -0.05) is 18.2 Å². The van der Waals surface area contributed by atoms with Crippen molar-refractivity contribution in [2.45, 2.75) is 63.7 Å². The zero-order chi connectivity index (χ0) is 32.9. The average Bonchev–Trinajstić information content (AvgIpc) is 3.07. The molecule has 0 aliphatic carbocycles. The minimum absolute atomic E-state index is 0.0303. The van der Waals surface area contributed by atoms with Gasteiger partial charge in [0.1, 0.15) is 24.1 Å². The van der Waals surface area contributed by atoms with E-state index >= 15 is 0 Å². The molecule has 0 radical (unpaired) electrons. The quantitative estimate of drug-likeness (QED) is 0.146. The average molecular weight is 646 g/mol. The maximum atomic E-state index is 13.5. The summed E-state index contributed by atoms with van der Waals surface area (Å²) < 4.78 is 28.6. The molecule has 1 amide bonds. The predicted molar refractivity (Wildman–Crippen MR) is 167 cm³/mol. The first-order valence-corrected chi connectivity index (χ1v) is 15.9. The van der Waals surface area contributed by atoms with Crippen molar-refractivity contribution in [3.63, 3.8) is 0 Å². The summed E-state index contributed by atoms with van der Waals surface area (Å²) in [4.78, 5) is 35.2. The molecule has 3 atom stereocenters. The predicted octanol–water partition coefficient (Wildman–Crippen LogP) is 3.95. The van der Waals surface area contributed by atoms with E-state index in [0.29, 0.717) is 39.1 Å². The van der Waals surface area contributed by atoms with E-state index in [1.165, 1.54) is 0 Å². The normalized spacial score (nSPS) is 19.5. The molecular weight excluding hydrogens is 598 g/mol. The maximum absolute atomic E-state index is 13.5. The fourth-order valence-corrected chi connectivity index (χ4v) is 5.99. The van der Waals surface area contributed by atoms with Crippen LogP contribution < -0.4 is 14.4 Å². The summed E-state index contributed by atoms with van der Waals surface area (Å²) >= 11 is 0. The number of hydrogen-bond acceptors (Lipinski definition) is 12. The van der Waals surface area contributed by atoms with Crippen molar-refractivity contribution in [1.82, 2.24) is 10.3 Å². The lowest BCUT2D eigenvalue weighted by Crippen LogP contribution is -2.55. The van der Waals surface area contributed by atoms with Crippen molar-refractivity contribution < 1.29 is 48.5 Å². The van der Waals surface area contributed by atoms with Crippen LogP contribution >= 0.6 is 0 Å². The Morgan fingerprint density at radius 2 is 1.85 bits per heavy atom. The number of benzene rings is 2. The van der Waals surface area contributed by atoms with Gasteiger partial charge in [-0.2, -0.15) is 0 Å². The number of anilines is 1. The van der Waals surface area contributed by atoms with E-state index in [0.717, 1.165) is 47.8 Å². The molecule has 254 valence electrons. The molecule has 2 aliphatic rings. The number of carbonyl (C=O) groups is 2. The molecule has 4 rings (SSSR count). The third-order valence-corrected chi connectivity index (χ3v) is 8.32. The number of rotatable bonds is 17. The Kier molecular flexibility index (Phi) is 13.9. The van der Waals surface area contributed by atoms with E-state index < -0.39 is 18.1 Å². The van der Waals surface area contributed by atoms with Crippen LogP contribution in [0.5, 0.6) is 11.5 Å². The number of likely N-dealkylation sites (tertiary alicyclic amines) is 1. The highest BCUT2D eigenvalue weighted by atomic mass is 17.1. The molecule has 2 aromatic rings. The molecule has 2 heterocycles. The summed E-state index contributed by atoms with van der Waals surface area (Å²) in [7, 11) is 3.31. The Hall–Kier alpha value is -3.46. The first kappa shape index (κ1) is 35.4. The van der Waals surface area contributed by atoms with E-state index in [1.54, 1.807) is 26.0 Å². The molecule has 0 saturated carbocycles. The number of amides is 1. The van der Waals surface area contributed by atoms with Gasteiger partial charge >= 0.3 is 5.97 Å². The van der Waals surface area contributed by atoms with Crippen LogP contribution in [0.1, 0.15) is 56.1 Å². The van der Waals surface area contributed by atoms with Gasteiger partial charge in [-0.3, -0.25) is 20.0 Å². The zero-order valence-corrected chi connectivity index (χ0v) is 27.0. The standard InChI is InChI=1S/C33H47N3O10/c1-4-43-33(38)29-21-27(25-10-12-26(42-3)13-11-25)31(22-35(29)32(37)8-5-6-18-46-36(39)40)45-23-24-9-14-30-28(20-24)34(16-19-44-30)15-7-17-41-2/h9-14,20,27,29,31,39-40H,4-8,15-19,21-23H2,1-3H3. The Bertz CT molecular complexity index is 1240. The fraction of sp³-hybridized carbons (Fsp3) is 0.576. The molecular formula is C33H47N3O10. The van der Waals surface area contributed by atoms with Crippen LogP contribution in [0.3, 0.4) is 0 Å². The van der Waals surface area contributed by atoms with Crippen LogP contribution in [0.25, 0.3) is 0 Å². The lowest BCUT2D eigenvalue weighted by atomic mass is 9.82. The summed E-state index contributed by atoms with van der Waals surface area (Å²) in [6, 6.07) is 13.0. The molecule has 2 aromatic carbocycles. The topological polar surface area (TPSA) is 140 Å². The third kappa shape index (κ3) is 9.77. The molecule has 2 aliphatic heterocycles. The number of hydrogen-bond donors (Lipinski definition) is 2. The van der Waals surface area contributed by atoms with Gasteiger partial charge in [0.05, 0.1) is 50.7 Å². The lowest BCUT2D eigenvalue weighted by Gasteiger charge is -2.43. The van der Waals surface area contributed by atoms with Gasteiger partial charge in [0.25, 0.3) is 0 Å². The van der Waals surface area contributed by atoms with Gasteiger partial charge in [-0.25, -0.2) is 4.79 Å². The Morgan fingerprint density at radius 1 is 1.04 bits per heavy atom. The number of methoxy groups -OCH3 is 2. The molecule has 1 saturated heterocycles. The highest BCUT2D eigenvalue weighted by molar-refractivity contribution is 5.85. The summed E-state index contributed by atoms with van der Waals surface area (Å²) in [6.45, 7) is 5.44. The monoisotopic (exact) mass is 645 g/mol. The smallest absolute Gasteiger partial charge is 0.328 e. The van der Waals surface area contributed by atoms with Crippen molar-refractivity contribution in [2.24, 2.45) is 0 Å². The number of nitrogens with zero attached hydrogens (tertiary/aromatic N) is 3. The highest BCUT2D eigenvalue weighted by Crippen LogP contribution is 2.37. The van der Waals surface area contributed by atoms with Crippen molar-refractivity contribution in [1.29, 1.82) is 0 Å². The number of esters is 1. The van der Waals surface area contributed by atoms with Crippen molar-refractivity contribution >= 4 is 17.6 Å². The molecule has 0 bridgehead atoms. The van der Waals surface area contributed by atoms with Gasteiger partial charge in [-0.05, 0) is 68.0 Å². The highest BCUT2D eigenvalue weighted by Gasteiger charge is 2.43. The second-order valence-corrected chi connectivity index (χ2v) is 11.3. The molecule has 1 fully saturated rings. The summed E-state index contributed by atoms with van der Waals surface area (Å²) in [5, 5.41) is 17.1. The minimum Gasteiger partial charge on any atom is -0.497 e. The molecule has 2 N–H and O–H groups in total. The molecule has 46 heavy (non-hydrogen) atoms. The van der Waals surface area contributed by atoms with Gasteiger partial charge in [0, 0.05) is 39.1 Å². The lowest BCUT2D eigenvalue weighted by molar-refractivity contribution is -0.492. The van der Waals surface area contributed by atoms with Crippen LogP contribution in [-0.2, 0) is 35.2 Å². The van der Waals surface area contributed by atoms with Crippen molar-refractivity contribution in [2.75, 3.05) is 65.2 Å². The van der Waals surface area contributed by atoms with Crippen LogP contribution in [-0.4, -0.2) is 105 Å². The second-order valence-electron chi connectivity index (χ2n) is 11.3. The number of piperidine rings is 1. The van der Waals surface area contributed by atoms with Gasteiger partial charge in [0.2, 0.25) is 5.91 Å². The van der Waals surface area contributed by atoms with E-state index in [-0.39, 0.29) is 43.4 Å². The number of carbonyl (C=O) groups excluding carboxylic acids is 2. The Morgan fingerprint density at radius 3 is 2.57 bits per heavy atom. The Balaban J connectivity index is 1.54. The fourth-order valence-electron chi connectivity index (χ4n) is 5.99. The second kappa shape index (κ2) is 18.0. The van der Waals surface area contributed by atoms with Crippen molar-refractivity contribution in [3.05, 3.63) is 53.6 Å². The van der Waals surface area contributed by atoms with Crippen LogP contribution in [0.2, 0.25) is 0 Å². The van der Waals surface area contributed by atoms with E-state index in [2.05, 4.69) is 15.8 Å². The first-order valence-electron chi connectivity index (χ1n) is 15.9. The minimum atomic E-state index is -0.775. The van der Waals surface area contributed by atoms with Crippen LogP contribution in [0.4, 0.5) is 5.69 Å². The molecule has 13 nitrogen and oxygen atoms in total. The first-order chi connectivity index (χ1) is 22.3. The number of ether oxygens (including phenoxy) is 5. The molecule has 13 heteroatoms. The van der Waals surface area contributed by atoms with E-state index in [1.807, 2.05) is 36.4 Å².